The Kier molecular flexibility index (Phi) is 7.61. The highest BCUT2D eigenvalue weighted by atomic mass is 35.5. The van der Waals surface area contributed by atoms with Crippen molar-refractivity contribution in [3.8, 4) is 0 Å². The molecular weight excluding hydrogens is 497 g/mol. The monoisotopic (exact) mass is 514 g/mol. The number of amides is 1. The summed E-state index contributed by atoms with van der Waals surface area (Å²) in [5.41, 5.74) is -0.803. The molecule has 3 rings (SSSR count). The molecule has 5 nitrogen and oxygen atoms in total. The Hall–Kier alpha value is -2.69. The molecule has 3 aromatic rings. The molecule has 0 bridgehead atoms. The minimum Gasteiger partial charge on any atom is -0.325 e. The predicted octanol–water partition coefficient (Wildman–Crippen LogP) is 6.28. The summed E-state index contributed by atoms with van der Waals surface area (Å²) in [4.78, 5) is 13.1. The van der Waals surface area contributed by atoms with Crippen molar-refractivity contribution in [3.05, 3.63) is 83.4 Å². The van der Waals surface area contributed by atoms with Crippen LogP contribution in [0.1, 0.15) is 12.5 Å². The lowest BCUT2D eigenvalue weighted by molar-refractivity contribution is -0.137. The first-order valence-electron chi connectivity index (χ1n) is 9.47. The van der Waals surface area contributed by atoms with Crippen LogP contribution in [0.4, 0.5) is 24.5 Å². The largest absolute Gasteiger partial charge is 0.416 e. The van der Waals surface area contributed by atoms with Gasteiger partial charge in [0.05, 0.1) is 15.7 Å². The van der Waals surface area contributed by atoms with Crippen molar-refractivity contribution in [2.75, 3.05) is 10.0 Å². The lowest BCUT2D eigenvalue weighted by Gasteiger charge is -2.13. The standard InChI is InChI=1S/C22H18ClF3N2O3S2/c1-14(32-19-9-5-16(23)6-10-19)21(29)27-17-7-11-20(12-8-17)33(30,31)28-18-4-2-3-15(13-18)22(24,25)26/h2-14,28H,1H3,(H,27,29)/t14-/m0/s1. The number of sulfonamides is 1. The van der Waals surface area contributed by atoms with Gasteiger partial charge in [-0.05, 0) is 73.7 Å². The predicted molar refractivity (Wildman–Crippen MR) is 124 cm³/mol. The van der Waals surface area contributed by atoms with Crippen molar-refractivity contribution < 1.29 is 26.4 Å². The summed E-state index contributed by atoms with van der Waals surface area (Å²) in [5, 5.41) is 2.86. The van der Waals surface area contributed by atoms with E-state index in [-0.39, 0.29) is 16.5 Å². The molecule has 2 N–H and O–H groups in total. The third kappa shape index (κ3) is 6.89. The smallest absolute Gasteiger partial charge is 0.325 e. The molecule has 11 heteroatoms. The van der Waals surface area contributed by atoms with E-state index in [2.05, 4.69) is 10.0 Å². The maximum Gasteiger partial charge on any atom is 0.416 e. The molecule has 0 aromatic heterocycles. The quantitative estimate of drug-likeness (QED) is 0.364. The summed E-state index contributed by atoms with van der Waals surface area (Å²) in [5.74, 6) is -0.285. The molecule has 0 aliphatic carbocycles. The Balaban J connectivity index is 1.65. The highest BCUT2D eigenvalue weighted by molar-refractivity contribution is 8.00. The van der Waals surface area contributed by atoms with Crippen molar-refractivity contribution in [2.45, 2.75) is 28.1 Å². The van der Waals surface area contributed by atoms with Crippen LogP contribution in [0, 0.1) is 0 Å². The Morgan fingerprint density at radius 1 is 0.970 bits per heavy atom. The molecule has 0 aliphatic rings. The molecule has 1 atom stereocenters. The van der Waals surface area contributed by atoms with Gasteiger partial charge >= 0.3 is 6.18 Å². The third-order valence-corrected chi connectivity index (χ3v) is 7.13. The molecule has 3 aromatic carbocycles. The van der Waals surface area contributed by atoms with Gasteiger partial charge in [-0.3, -0.25) is 9.52 Å². The van der Waals surface area contributed by atoms with Crippen LogP contribution < -0.4 is 10.0 Å². The van der Waals surface area contributed by atoms with Crippen LogP contribution in [-0.2, 0) is 21.0 Å². The first-order valence-corrected chi connectivity index (χ1v) is 12.2. The fourth-order valence-electron chi connectivity index (χ4n) is 2.71. The summed E-state index contributed by atoms with van der Waals surface area (Å²) >= 11 is 7.19. The molecular formula is C22H18ClF3N2O3S2. The van der Waals surface area contributed by atoms with Crippen molar-refractivity contribution in [1.29, 1.82) is 0 Å². The number of carbonyl (C=O) groups is 1. The van der Waals surface area contributed by atoms with Gasteiger partial charge in [0.25, 0.3) is 10.0 Å². The van der Waals surface area contributed by atoms with Gasteiger partial charge in [0, 0.05) is 21.3 Å². The second-order valence-corrected chi connectivity index (χ2v) is 10.4. The van der Waals surface area contributed by atoms with Gasteiger partial charge in [-0.25, -0.2) is 8.42 Å². The van der Waals surface area contributed by atoms with Crippen LogP contribution in [-0.4, -0.2) is 19.6 Å². The van der Waals surface area contributed by atoms with Gasteiger partial charge in [0.15, 0.2) is 0 Å². The lowest BCUT2D eigenvalue weighted by atomic mass is 10.2. The first-order chi connectivity index (χ1) is 15.4. The van der Waals surface area contributed by atoms with E-state index < -0.39 is 27.0 Å². The average molecular weight is 515 g/mol. The minimum absolute atomic E-state index is 0.165. The SMILES string of the molecule is C[C@H](Sc1ccc(Cl)cc1)C(=O)Nc1ccc(S(=O)(=O)Nc2cccc(C(F)(F)F)c2)cc1. The topological polar surface area (TPSA) is 75.3 Å². The molecule has 0 saturated heterocycles. The zero-order valence-electron chi connectivity index (χ0n) is 17.1. The van der Waals surface area contributed by atoms with Crippen molar-refractivity contribution in [3.63, 3.8) is 0 Å². The Bertz CT molecular complexity index is 1230. The Morgan fingerprint density at radius 3 is 2.21 bits per heavy atom. The van der Waals surface area contributed by atoms with E-state index >= 15 is 0 Å². The number of alkyl halides is 3. The molecule has 0 saturated carbocycles. The van der Waals surface area contributed by atoms with Crippen LogP contribution >= 0.6 is 23.4 Å². The number of thioether (sulfide) groups is 1. The van der Waals surface area contributed by atoms with Crippen LogP contribution in [0.3, 0.4) is 0 Å². The number of benzene rings is 3. The highest BCUT2D eigenvalue weighted by Crippen LogP contribution is 2.31. The van der Waals surface area contributed by atoms with Crippen LogP contribution in [0.2, 0.25) is 5.02 Å². The van der Waals surface area contributed by atoms with E-state index in [1.54, 1.807) is 31.2 Å². The van der Waals surface area contributed by atoms with Gasteiger partial charge in [-0.1, -0.05) is 17.7 Å². The van der Waals surface area contributed by atoms with Crippen LogP contribution in [0.25, 0.3) is 0 Å². The third-order valence-electron chi connectivity index (χ3n) is 4.37. The zero-order valence-corrected chi connectivity index (χ0v) is 19.4. The second kappa shape index (κ2) is 10.1. The normalized spacial score (nSPS) is 12.8. The number of carbonyl (C=O) groups excluding carboxylic acids is 1. The number of halogens is 4. The maximum absolute atomic E-state index is 12.8. The van der Waals surface area contributed by atoms with Crippen molar-refractivity contribution in [1.82, 2.24) is 0 Å². The van der Waals surface area contributed by atoms with Gasteiger partial charge in [-0.2, -0.15) is 13.2 Å². The van der Waals surface area contributed by atoms with E-state index in [4.69, 9.17) is 11.6 Å². The highest BCUT2D eigenvalue weighted by Gasteiger charge is 2.30. The zero-order chi connectivity index (χ0) is 24.2. The fourth-order valence-corrected chi connectivity index (χ4v) is 4.75. The van der Waals surface area contributed by atoms with Crippen molar-refractivity contribution >= 4 is 50.7 Å². The van der Waals surface area contributed by atoms with Crippen LogP contribution in [0.15, 0.2) is 82.6 Å². The summed E-state index contributed by atoms with van der Waals surface area (Å²) in [6, 6.07) is 16.3. The summed E-state index contributed by atoms with van der Waals surface area (Å²) in [7, 11) is -4.13. The van der Waals surface area contributed by atoms with E-state index in [1.165, 1.54) is 42.1 Å². The first kappa shape index (κ1) is 24.9. The number of hydrogen-bond acceptors (Lipinski definition) is 4. The van der Waals surface area contributed by atoms with E-state index in [9.17, 15) is 26.4 Å². The molecule has 0 radical (unpaired) electrons. The summed E-state index contributed by atoms with van der Waals surface area (Å²) in [6.45, 7) is 1.73. The number of hydrogen-bond donors (Lipinski definition) is 2. The maximum atomic E-state index is 12.8. The Labute approximate surface area is 198 Å². The van der Waals surface area contributed by atoms with Crippen molar-refractivity contribution in [2.24, 2.45) is 0 Å². The van der Waals surface area contributed by atoms with Gasteiger partial charge in [-0.15, -0.1) is 11.8 Å². The molecule has 0 fully saturated rings. The number of anilines is 2. The van der Waals surface area contributed by atoms with Crippen LogP contribution in [0.5, 0.6) is 0 Å². The summed E-state index contributed by atoms with van der Waals surface area (Å²) in [6.07, 6.45) is -4.59. The molecule has 0 aliphatic heterocycles. The van der Waals surface area contributed by atoms with Gasteiger partial charge < -0.3 is 5.32 Å². The average Bonchev–Trinajstić information content (AvgIpc) is 2.75. The molecule has 0 unspecified atom stereocenters. The fraction of sp³-hybridized carbons (Fsp3) is 0.136. The van der Waals surface area contributed by atoms with E-state index in [1.807, 2.05) is 0 Å². The molecule has 0 spiro atoms. The molecule has 174 valence electrons. The molecule has 33 heavy (non-hydrogen) atoms. The second-order valence-electron chi connectivity index (χ2n) is 6.91. The minimum atomic E-state index is -4.59. The Morgan fingerprint density at radius 2 is 1.61 bits per heavy atom. The lowest BCUT2D eigenvalue weighted by Crippen LogP contribution is -2.22. The molecule has 0 heterocycles. The van der Waals surface area contributed by atoms with E-state index in [0.717, 1.165) is 17.0 Å². The van der Waals surface area contributed by atoms with Gasteiger partial charge in [0.1, 0.15) is 0 Å². The van der Waals surface area contributed by atoms with E-state index in [0.29, 0.717) is 16.8 Å². The summed E-state index contributed by atoms with van der Waals surface area (Å²) < 4.78 is 65.8. The number of nitrogens with one attached hydrogen (secondary N) is 2. The molecule has 1 amide bonds. The van der Waals surface area contributed by atoms with Gasteiger partial charge in [0.2, 0.25) is 5.91 Å². The number of rotatable bonds is 7.